The van der Waals surface area contributed by atoms with E-state index in [1.54, 1.807) is 4.90 Å². The minimum absolute atomic E-state index is 0.117. The molecule has 28 heavy (non-hydrogen) atoms. The molecule has 0 spiro atoms. The molecule has 4 heterocycles. The first kappa shape index (κ1) is 18.7. The maximum atomic E-state index is 12.9. The van der Waals surface area contributed by atoms with Gasteiger partial charge in [0.2, 0.25) is 11.9 Å². The topological polar surface area (TPSA) is 61.3 Å². The van der Waals surface area contributed by atoms with Gasteiger partial charge in [-0.2, -0.15) is 18.2 Å². The maximum absolute atomic E-state index is 12.9. The standard InChI is InChI=1S/C18H22F3N7/c1-13-12-15(25-17(23-13)27-6-2-3-7-27)26-8-10-28(11-9-26)16-22-5-4-14(24-16)18(19,20)21/h4-5,12H,2-3,6-11H2,1H3. The van der Waals surface area contributed by atoms with E-state index in [0.717, 1.165) is 55.7 Å². The first-order chi connectivity index (χ1) is 13.4. The number of hydrogen-bond donors (Lipinski definition) is 0. The van der Waals surface area contributed by atoms with Gasteiger partial charge in [0.25, 0.3) is 0 Å². The summed E-state index contributed by atoms with van der Waals surface area (Å²) in [6.07, 6.45) is -0.998. The highest BCUT2D eigenvalue weighted by Gasteiger charge is 2.33. The first-order valence-electron chi connectivity index (χ1n) is 9.41. The Labute approximate surface area is 161 Å². The molecule has 7 nitrogen and oxygen atoms in total. The van der Waals surface area contributed by atoms with Crippen molar-refractivity contribution in [3.05, 3.63) is 29.7 Å². The molecule has 0 bridgehead atoms. The molecule has 2 fully saturated rings. The molecular weight excluding hydrogens is 371 g/mol. The van der Waals surface area contributed by atoms with Crippen LogP contribution in [0.1, 0.15) is 24.2 Å². The molecule has 0 saturated carbocycles. The quantitative estimate of drug-likeness (QED) is 0.794. The average Bonchev–Trinajstić information content (AvgIpc) is 3.22. The summed E-state index contributed by atoms with van der Waals surface area (Å²) in [5, 5.41) is 0. The number of nitrogens with zero attached hydrogens (tertiary/aromatic N) is 7. The summed E-state index contributed by atoms with van der Waals surface area (Å²) in [6, 6.07) is 2.85. The van der Waals surface area contributed by atoms with Crippen molar-refractivity contribution in [3.8, 4) is 0 Å². The minimum Gasteiger partial charge on any atom is -0.353 e. The molecule has 0 unspecified atom stereocenters. The lowest BCUT2D eigenvalue weighted by Crippen LogP contribution is -2.47. The van der Waals surface area contributed by atoms with Crippen molar-refractivity contribution in [2.24, 2.45) is 0 Å². The van der Waals surface area contributed by atoms with Gasteiger partial charge >= 0.3 is 6.18 Å². The third kappa shape index (κ3) is 3.95. The number of aryl methyl sites for hydroxylation is 1. The summed E-state index contributed by atoms with van der Waals surface area (Å²) < 4.78 is 38.7. The Morgan fingerprint density at radius 3 is 2.14 bits per heavy atom. The van der Waals surface area contributed by atoms with Crippen molar-refractivity contribution in [2.45, 2.75) is 25.9 Å². The van der Waals surface area contributed by atoms with E-state index in [1.807, 2.05) is 13.0 Å². The van der Waals surface area contributed by atoms with Crippen LogP contribution in [0, 0.1) is 6.92 Å². The summed E-state index contributed by atoms with van der Waals surface area (Å²) >= 11 is 0. The van der Waals surface area contributed by atoms with E-state index in [9.17, 15) is 13.2 Å². The van der Waals surface area contributed by atoms with E-state index in [1.165, 1.54) is 0 Å². The normalized spacial score (nSPS) is 18.1. The van der Waals surface area contributed by atoms with Crippen LogP contribution in [0.4, 0.5) is 30.9 Å². The van der Waals surface area contributed by atoms with Crippen LogP contribution in [0.25, 0.3) is 0 Å². The largest absolute Gasteiger partial charge is 0.433 e. The predicted molar refractivity (Wildman–Crippen MR) is 99.7 cm³/mol. The molecule has 150 valence electrons. The molecule has 4 rings (SSSR count). The highest BCUT2D eigenvalue weighted by atomic mass is 19.4. The van der Waals surface area contributed by atoms with Crippen LogP contribution in [0.2, 0.25) is 0 Å². The van der Waals surface area contributed by atoms with E-state index >= 15 is 0 Å². The molecule has 0 amide bonds. The number of halogens is 3. The van der Waals surface area contributed by atoms with Gasteiger partial charge in [-0.05, 0) is 25.8 Å². The summed E-state index contributed by atoms with van der Waals surface area (Å²) in [4.78, 5) is 23.1. The van der Waals surface area contributed by atoms with E-state index in [2.05, 4.69) is 24.8 Å². The number of piperazine rings is 1. The summed E-state index contributed by atoms with van der Waals surface area (Å²) in [5.74, 6) is 1.74. The predicted octanol–water partition coefficient (Wildman–Crippen LogP) is 2.52. The lowest BCUT2D eigenvalue weighted by atomic mass is 10.3. The fourth-order valence-corrected chi connectivity index (χ4v) is 3.55. The maximum Gasteiger partial charge on any atom is 0.433 e. The molecule has 0 radical (unpaired) electrons. The molecule has 2 aliphatic rings. The Bertz CT molecular complexity index is 828. The highest BCUT2D eigenvalue weighted by molar-refractivity contribution is 5.48. The van der Waals surface area contributed by atoms with Gasteiger partial charge < -0.3 is 14.7 Å². The fourth-order valence-electron chi connectivity index (χ4n) is 3.55. The Hall–Kier alpha value is -2.65. The van der Waals surface area contributed by atoms with Crippen LogP contribution in [0.5, 0.6) is 0 Å². The Balaban J connectivity index is 1.46. The Kier molecular flexibility index (Phi) is 4.94. The van der Waals surface area contributed by atoms with E-state index in [4.69, 9.17) is 4.98 Å². The van der Waals surface area contributed by atoms with E-state index in [0.29, 0.717) is 26.2 Å². The third-order valence-electron chi connectivity index (χ3n) is 5.04. The van der Waals surface area contributed by atoms with Crippen molar-refractivity contribution in [2.75, 3.05) is 54.0 Å². The van der Waals surface area contributed by atoms with Crippen LogP contribution >= 0.6 is 0 Å². The Morgan fingerprint density at radius 2 is 1.46 bits per heavy atom. The number of aromatic nitrogens is 4. The van der Waals surface area contributed by atoms with Crippen LogP contribution in [-0.2, 0) is 6.18 Å². The van der Waals surface area contributed by atoms with Gasteiger partial charge in [-0.15, -0.1) is 0 Å². The average molecular weight is 393 g/mol. The molecule has 0 aliphatic carbocycles. The minimum atomic E-state index is -4.47. The smallest absolute Gasteiger partial charge is 0.353 e. The Morgan fingerprint density at radius 1 is 0.821 bits per heavy atom. The SMILES string of the molecule is Cc1cc(N2CCN(c3nccc(C(F)(F)F)n3)CC2)nc(N2CCCC2)n1. The summed E-state index contributed by atoms with van der Waals surface area (Å²) in [6.45, 7) is 6.24. The second-order valence-corrected chi connectivity index (χ2v) is 7.08. The lowest BCUT2D eigenvalue weighted by Gasteiger charge is -2.35. The third-order valence-corrected chi connectivity index (χ3v) is 5.04. The van der Waals surface area contributed by atoms with Crippen LogP contribution in [-0.4, -0.2) is 59.2 Å². The molecule has 2 aliphatic heterocycles. The fraction of sp³-hybridized carbons (Fsp3) is 0.556. The number of rotatable bonds is 3. The highest BCUT2D eigenvalue weighted by Crippen LogP contribution is 2.28. The van der Waals surface area contributed by atoms with Gasteiger partial charge in [-0.1, -0.05) is 0 Å². The zero-order valence-corrected chi connectivity index (χ0v) is 15.7. The number of alkyl halides is 3. The molecule has 2 aromatic heterocycles. The molecule has 0 atom stereocenters. The van der Waals surface area contributed by atoms with Crippen LogP contribution < -0.4 is 14.7 Å². The van der Waals surface area contributed by atoms with Gasteiger partial charge in [0.15, 0.2) is 0 Å². The van der Waals surface area contributed by atoms with Crippen molar-refractivity contribution in [3.63, 3.8) is 0 Å². The molecule has 0 aromatic carbocycles. The van der Waals surface area contributed by atoms with Crippen molar-refractivity contribution in [1.29, 1.82) is 0 Å². The van der Waals surface area contributed by atoms with Crippen molar-refractivity contribution >= 4 is 17.7 Å². The van der Waals surface area contributed by atoms with Crippen molar-refractivity contribution in [1.82, 2.24) is 19.9 Å². The van der Waals surface area contributed by atoms with E-state index in [-0.39, 0.29) is 5.95 Å². The van der Waals surface area contributed by atoms with Gasteiger partial charge in [-0.25, -0.2) is 15.0 Å². The van der Waals surface area contributed by atoms with Gasteiger partial charge in [0, 0.05) is 57.2 Å². The monoisotopic (exact) mass is 393 g/mol. The second kappa shape index (κ2) is 7.40. The molecule has 0 N–H and O–H groups in total. The zero-order valence-electron chi connectivity index (χ0n) is 15.7. The molecular formula is C18H22F3N7. The molecule has 10 heteroatoms. The van der Waals surface area contributed by atoms with E-state index < -0.39 is 11.9 Å². The van der Waals surface area contributed by atoms with Crippen LogP contribution in [0.3, 0.4) is 0 Å². The molecule has 2 saturated heterocycles. The number of hydrogen-bond acceptors (Lipinski definition) is 7. The summed E-state index contributed by atoms with van der Waals surface area (Å²) in [7, 11) is 0. The lowest BCUT2D eigenvalue weighted by molar-refractivity contribution is -0.141. The van der Waals surface area contributed by atoms with Crippen molar-refractivity contribution < 1.29 is 13.2 Å². The van der Waals surface area contributed by atoms with Gasteiger partial charge in [-0.3, -0.25) is 0 Å². The zero-order chi connectivity index (χ0) is 19.7. The van der Waals surface area contributed by atoms with Gasteiger partial charge in [0.1, 0.15) is 11.5 Å². The second-order valence-electron chi connectivity index (χ2n) is 7.08. The number of anilines is 3. The van der Waals surface area contributed by atoms with Crippen LogP contribution in [0.15, 0.2) is 18.3 Å². The summed E-state index contributed by atoms with van der Waals surface area (Å²) in [5.41, 5.74) is -0.00264. The molecule has 2 aromatic rings. The first-order valence-corrected chi connectivity index (χ1v) is 9.41. The van der Waals surface area contributed by atoms with Gasteiger partial charge in [0.05, 0.1) is 0 Å².